The fourth-order valence-electron chi connectivity index (χ4n) is 2.06. The molecule has 0 aliphatic carbocycles. The number of aryl methyl sites for hydroxylation is 2. The van der Waals surface area contributed by atoms with Crippen molar-refractivity contribution in [1.29, 1.82) is 0 Å². The SMILES string of the molecule is CCc1nc(Cn2nc(C)c(CNC)c2C)cs1. The minimum absolute atomic E-state index is 0.771. The van der Waals surface area contributed by atoms with Gasteiger partial charge in [-0.05, 0) is 27.3 Å². The number of thiazole rings is 1. The first-order valence-electron chi connectivity index (χ1n) is 6.26. The summed E-state index contributed by atoms with van der Waals surface area (Å²) >= 11 is 1.73. The molecule has 0 aromatic carbocycles. The molecule has 0 radical (unpaired) electrons. The van der Waals surface area contributed by atoms with Gasteiger partial charge in [0.25, 0.3) is 0 Å². The lowest BCUT2D eigenvalue weighted by Crippen LogP contribution is -2.08. The highest BCUT2D eigenvalue weighted by Gasteiger charge is 2.11. The highest BCUT2D eigenvalue weighted by atomic mass is 32.1. The molecule has 2 aromatic heterocycles. The molecule has 0 spiro atoms. The van der Waals surface area contributed by atoms with Crippen molar-refractivity contribution in [1.82, 2.24) is 20.1 Å². The van der Waals surface area contributed by atoms with Gasteiger partial charge in [0.15, 0.2) is 0 Å². The zero-order valence-electron chi connectivity index (χ0n) is 11.4. The lowest BCUT2D eigenvalue weighted by molar-refractivity contribution is 0.646. The van der Waals surface area contributed by atoms with E-state index in [1.54, 1.807) is 11.3 Å². The van der Waals surface area contributed by atoms with Crippen LogP contribution in [0.25, 0.3) is 0 Å². The Kier molecular flexibility index (Phi) is 4.14. The van der Waals surface area contributed by atoms with Crippen molar-refractivity contribution < 1.29 is 0 Å². The Morgan fingerprint density at radius 2 is 2.17 bits per heavy atom. The van der Waals surface area contributed by atoms with Crippen molar-refractivity contribution in [3.63, 3.8) is 0 Å². The lowest BCUT2D eigenvalue weighted by Gasteiger charge is -2.03. The smallest absolute Gasteiger partial charge is 0.0926 e. The average molecular weight is 264 g/mol. The van der Waals surface area contributed by atoms with E-state index in [0.717, 1.165) is 30.9 Å². The van der Waals surface area contributed by atoms with E-state index in [9.17, 15) is 0 Å². The van der Waals surface area contributed by atoms with Gasteiger partial charge in [0.1, 0.15) is 0 Å². The summed E-state index contributed by atoms with van der Waals surface area (Å²) in [6, 6.07) is 0. The second-order valence-electron chi connectivity index (χ2n) is 4.42. The van der Waals surface area contributed by atoms with Crippen LogP contribution in [0, 0.1) is 13.8 Å². The van der Waals surface area contributed by atoms with Crippen LogP contribution in [0.4, 0.5) is 0 Å². The standard InChI is InChI=1S/C13H20N4S/c1-5-13-15-11(8-18-13)7-17-10(3)12(6-14-4)9(2)16-17/h8,14H,5-7H2,1-4H3. The van der Waals surface area contributed by atoms with Crippen molar-refractivity contribution in [3.05, 3.63) is 33.0 Å². The summed E-state index contributed by atoms with van der Waals surface area (Å²) in [7, 11) is 1.96. The van der Waals surface area contributed by atoms with Gasteiger partial charge in [-0.15, -0.1) is 11.3 Å². The Morgan fingerprint density at radius 3 is 2.78 bits per heavy atom. The fourth-order valence-corrected chi connectivity index (χ4v) is 2.79. The molecule has 18 heavy (non-hydrogen) atoms. The van der Waals surface area contributed by atoms with Crippen molar-refractivity contribution in [2.75, 3.05) is 7.05 Å². The van der Waals surface area contributed by atoms with Crippen LogP contribution in [-0.2, 0) is 19.5 Å². The number of nitrogens with zero attached hydrogens (tertiary/aromatic N) is 3. The van der Waals surface area contributed by atoms with E-state index >= 15 is 0 Å². The third kappa shape index (κ3) is 2.62. The van der Waals surface area contributed by atoms with Crippen molar-refractivity contribution in [3.8, 4) is 0 Å². The van der Waals surface area contributed by atoms with Gasteiger partial charge in [0, 0.05) is 23.2 Å². The normalized spacial score (nSPS) is 11.1. The molecule has 5 heteroatoms. The summed E-state index contributed by atoms with van der Waals surface area (Å²) in [5.41, 5.74) is 4.74. The first-order chi connectivity index (χ1) is 8.65. The third-order valence-corrected chi connectivity index (χ3v) is 4.14. The first-order valence-corrected chi connectivity index (χ1v) is 7.14. The molecule has 0 saturated heterocycles. The van der Waals surface area contributed by atoms with Gasteiger partial charge in [0.2, 0.25) is 0 Å². The molecule has 0 bridgehead atoms. The fraction of sp³-hybridized carbons (Fsp3) is 0.538. The predicted molar refractivity (Wildman–Crippen MR) is 75.1 cm³/mol. The van der Waals surface area contributed by atoms with E-state index in [4.69, 9.17) is 0 Å². The molecule has 1 N–H and O–H groups in total. The maximum atomic E-state index is 4.60. The van der Waals surface area contributed by atoms with Crippen LogP contribution in [0.15, 0.2) is 5.38 Å². The molecule has 4 nitrogen and oxygen atoms in total. The van der Waals surface area contributed by atoms with Crippen LogP contribution < -0.4 is 5.32 Å². The minimum Gasteiger partial charge on any atom is -0.316 e. The van der Waals surface area contributed by atoms with Gasteiger partial charge in [-0.2, -0.15) is 5.10 Å². The summed E-state index contributed by atoms with van der Waals surface area (Å²) in [4.78, 5) is 4.59. The van der Waals surface area contributed by atoms with Crippen molar-refractivity contribution in [2.45, 2.75) is 40.3 Å². The Hall–Kier alpha value is -1.20. The summed E-state index contributed by atoms with van der Waals surface area (Å²) in [5.74, 6) is 0. The largest absolute Gasteiger partial charge is 0.316 e. The Bertz CT molecular complexity index is 527. The molecule has 0 aliphatic heterocycles. The molecule has 0 unspecified atom stereocenters. The second kappa shape index (κ2) is 5.63. The maximum Gasteiger partial charge on any atom is 0.0926 e. The number of aromatic nitrogens is 3. The van der Waals surface area contributed by atoms with E-state index in [1.165, 1.54) is 16.3 Å². The number of hydrogen-bond acceptors (Lipinski definition) is 4. The summed E-state index contributed by atoms with van der Waals surface area (Å²) in [6.45, 7) is 7.97. The van der Waals surface area contributed by atoms with Gasteiger partial charge in [-0.3, -0.25) is 4.68 Å². The van der Waals surface area contributed by atoms with Crippen LogP contribution in [0.5, 0.6) is 0 Å². The summed E-state index contributed by atoms with van der Waals surface area (Å²) < 4.78 is 2.05. The molecule has 0 aliphatic rings. The van der Waals surface area contributed by atoms with E-state index in [0.29, 0.717) is 0 Å². The number of rotatable bonds is 5. The van der Waals surface area contributed by atoms with E-state index in [1.807, 2.05) is 7.05 Å². The molecule has 98 valence electrons. The predicted octanol–water partition coefficient (Wildman–Crippen LogP) is 2.29. The van der Waals surface area contributed by atoms with E-state index in [2.05, 4.69) is 46.2 Å². The lowest BCUT2D eigenvalue weighted by atomic mass is 10.2. The monoisotopic (exact) mass is 264 g/mol. The molecule has 0 saturated carbocycles. The topological polar surface area (TPSA) is 42.7 Å². The van der Waals surface area contributed by atoms with Gasteiger partial charge in [0.05, 0.1) is 22.9 Å². The van der Waals surface area contributed by atoms with Gasteiger partial charge in [-0.25, -0.2) is 4.98 Å². The van der Waals surface area contributed by atoms with Crippen LogP contribution in [0.1, 0.15) is 34.6 Å². The molecule has 0 atom stereocenters. The van der Waals surface area contributed by atoms with Crippen LogP contribution >= 0.6 is 11.3 Å². The first kappa shape index (κ1) is 13.2. The quantitative estimate of drug-likeness (QED) is 0.901. The Balaban J connectivity index is 2.21. The Labute approximate surface area is 112 Å². The minimum atomic E-state index is 0.771. The van der Waals surface area contributed by atoms with Crippen LogP contribution in [-0.4, -0.2) is 21.8 Å². The zero-order chi connectivity index (χ0) is 13.1. The zero-order valence-corrected chi connectivity index (χ0v) is 12.3. The number of nitrogens with one attached hydrogen (secondary N) is 1. The summed E-state index contributed by atoms with van der Waals surface area (Å²) in [5, 5.41) is 11.1. The van der Waals surface area contributed by atoms with Gasteiger partial charge < -0.3 is 5.32 Å². The highest BCUT2D eigenvalue weighted by Crippen LogP contribution is 2.16. The second-order valence-corrected chi connectivity index (χ2v) is 5.37. The number of hydrogen-bond donors (Lipinski definition) is 1. The van der Waals surface area contributed by atoms with E-state index in [-0.39, 0.29) is 0 Å². The summed E-state index contributed by atoms with van der Waals surface area (Å²) in [6.07, 6.45) is 1.01. The molecule has 2 aromatic rings. The van der Waals surface area contributed by atoms with Crippen LogP contribution in [0.2, 0.25) is 0 Å². The molecule has 0 amide bonds. The van der Waals surface area contributed by atoms with Crippen molar-refractivity contribution >= 4 is 11.3 Å². The molecular weight excluding hydrogens is 244 g/mol. The van der Waals surface area contributed by atoms with Crippen LogP contribution in [0.3, 0.4) is 0 Å². The van der Waals surface area contributed by atoms with Crippen molar-refractivity contribution in [2.24, 2.45) is 0 Å². The average Bonchev–Trinajstić information content (AvgIpc) is 2.90. The molecule has 2 rings (SSSR count). The Morgan fingerprint density at radius 1 is 1.39 bits per heavy atom. The van der Waals surface area contributed by atoms with E-state index < -0.39 is 0 Å². The molecule has 2 heterocycles. The maximum absolute atomic E-state index is 4.60. The van der Waals surface area contributed by atoms with Gasteiger partial charge in [-0.1, -0.05) is 6.92 Å². The highest BCUT2D eigenvalue weighted by molar-refractivity contribution is 7.09. The molecule has 0 fully saturated rings. The third-order valence-electron chi connectivity index (χ3n) is 3.10. The molecular formula is C13H20N4S. The van der Waals surface area contributed by atoms with Gasteiger partial charge >= 0.3 is 0 Å².